The van der Waals surface area contributed by atoms with Crippen LogP contribution in [0.2, 0.25) is 0 Å². The van der Waals surface area contributed by atoms with Crippen LogP contribution in [0.5, 0.6) is 0 Å². The third-order valence-electron chi connectivity index (χ3n) is 9.58. The number of nitrogens with zero attached hydrogens (tertiary/aromatic N) is 4. The van der Waals surface area contributed by atoms with Crippen LogP contribution in [-0.2, 0) is 25.7 Å². The van der Waals surface area contributed by atoms with Crippen LogP contribution in [0.25, 0.3) is 0 Å². The number of piperidine rings is 1. The van der Waals surface area contributed by atoms with E-state index in [-0.39, 0.29) is 53.9 Å². The lowest BCUT2D eigenvalue weighted by molar-refractivity contribution is -0.384. The van der Waals surface area contributed by atoms with Crippen LogP contribution in [0.4, 0.5) is 5.69 Å². The van der Waals surface area contributed by atoms with E-state index in [0.717, 1.165) is 25.8 Å². The molecule has 4 atom stereocenters. The number of nitro benzene ring substituents is 1. The maximum Gasteiger partial charge on any atom is 0.269 e. The minimum Gasteiger partial charge on any atom is -0.350 e. The van der Waals surface area contributed by atoms with Gasteiger partial charge in [-0.25, -0.2) is 0 Å². The fourth-order valence-electron chi connectivity index (χ4n) is 6.72. The summed E-state index contributed by atoms with van der Waals surface area (Å²) in [5.41, 5.74) is 0.575. The molecule has 0 radical (unpaired) electrons. The smallest absolute Gasteiger partial charge is 0.269 e. The Kier molecular flexibility index (Phi) is 13.3. The van der Waals surface area contributed by atoms with Gasteiger partial charge >= 0.3 is 0 Å². The van der Waals surface area contributed by atoms with Gasteiger partial charge in [-0.2, -0.15) is 0 Å². The van der Waals surface area contributed by atoms with Crippen molar-refractivity contribution < 1.29 is 24.1 Å². The second-order valence-electron chi connectivity index (χ2n) is 15.0. The van der Waals surface area contributed by atoms with Gasteiger partial charge in [-0.3, -0.25) is 34.2 Å². The zero-order valence-corrected chi connectivity index (χ0v) is 30.2. The number of hydrogen-bond donors (Lipinski definition) is 2. The summed E-state index contributed by atoms with van der Waals surface area (Å²) in [7, 11) is 1.72. The van der Waals surface area contributed by atoms with Crippen molar-refractivity contribution in [1.82, 2.24) is 25.3 Å². The number of amides is 4. The van der Waals surface area contributed by atoms with Crippen LogP contribution in [0.3, 0.4) is 0 Å². The first kappa shape index (κ1) is 38.6. The highest BCUT2D eigenvalue weighted by Crippen LogP contribution is 2.27. The molecular formula is C36H56N6O6. The van der Waals surface area contributed by atoms with Crippen molar-refractivity contribution in [2.45, 2.75) is 124 Å². The molecule has 0 spiro atoms. The lowest BCUT2D eigenvalue weighted by Crippen LogP contribution is -2.60. The Bertz CT molecular complexity index is 1350. The topological polar surface area (TPSA) is 145 Å². The third kappa shape index (κ3) is 9.64. The molecule has 2 aliphatic heterocycles. The standard InChI is InChI=1S/C36H56N6O6/c1-23(2)30(39(9)35(46)31(36(6,7)8)38-33(44)29-13-10-11-19-40(29)24(3)4)21-25(5)34(45)41-20-12-14-28(41)32(43)37-22-26-15-17-27(18-16-26)42(47)48/h15-18,21,23-24,28-31H,10-14,19-20,22H2,1-9H3,(H,37,43)(H,38,44)/b25-21+. The molecule has 0 aliphatic carbocycles. The Balaban J connectivity index is 1.73. The number of nitrogens with one attached hydrogen (secondary N) is 2. The molecule has 3 rings (SSSR count). The van der Waals surface area contributed by atoms with E-state index in [9.17, 15) is 29.3 Å². The first-order valence-electron chi connectivity index (χ1n) is 17.3. The van der Waals surface area contributed by atoms with Crippen LogP contribution in [0.15, 0.2) is 35.9 Å². The van der Waals surface area contributed by atoms with Gasteiger partial charge in [-0.05, 0) is 69.9 Å². The molecule has 1 aromatic carbocycles. The van der Waals surface area contributed by atoms with E-state index in [1.54, 1.807) is 42.0 Å². The van der Waals surface area contributed by atoms with E-state index < -0.39 is 28.5 Å². The third-order valence-corrected chi connectivity index (χ3v) is 9.58. The summed E-state index contributed by atoms with van der Waals surface area (Å²) in [4.78, 5) is 70.6. The molecule has 0 bridgehead atoms. The molecule has 0 saturated carbocycles. The second kappa shape index (κ2) is 16.5. The summed E-state index contributed by atoms with van der Waals surface area (Å²) < 4.78 is 0. The summed E-state index contributed by atoms with van der Waals surface area (Å²) in [5.74, 6) is -0.923. The first-order valence-corrected chi connectivity index (χ1v) is 17.3. The first-order chi connectivity index (χ1) is 22.4. The molecule has 2 fully saturated rings. The number of rotatable bonds is 12. The van der Waals surface area contributed by atoms with Gasteiger partial charge in [0, 0.05) is 43.9 Å². The number of carbonyl (C=O) groups is 4. The van der Waals surface area contributed by atoms with Gasteiger partial charge in [0.15, 0.2) is 0 Å². The summed E-state index contributed by atoms with van der Waals surface area (Å²) in [6.45, 7) is 17.2. The van der Waals surface area contributed by atoms with Crippen molar-refractivity contribution in [3.63, 3.8) is 0 Å². The predicted octanol–water partition coefficient (Wildman–Crippen LogP) is 4.43. The number of carbonyl (C=O) groups excluding carboxylic acids is 4. The molecule has 2 heterocycles. The van der Waals surface area contributed by atoms with Crippen molar-refractivity contribution in [1.29, 1.82) is 0 Å². The van der Waals surface area contributed by atoms with E-state index >= 15 is 0 Å². The SMILES string of the molecule is C/C(=C\C(C(C)C)N(C)C(=O)C(NC(=O)C1CCCCN1C(C)C)C(C)(C)C)C(=O)N1CCCC1C(=O)NCc1ccc([N+](=O)[O-])cc1. The molecule has 1 aromatic rings. The van der Waals surface area contributed by atoms with E-state index in [2.05, 4.69) is 29.4 Å². The van der Waals surface area contributed by atoms with E-state index in [1.807, 2.05) is 34.6 Å². The van der Waals surface area contributed by atoms with E-state index in [0.29, 0.717) is 30.5 Å². The van der Waals surface area contributed by atoms with Crippen molar-refractivity contribution in [3.8, 4) is 0 Å². The summed E-state index contributed by atoms with van der Waals surface area (Å²) in [6, 6.07) is 4.09. The van der Waals surface area contributed by atoms with Gasteiger partial charge in [0.25, 0.3) is 5.69 Å². The predicted molar refractivity (Wildman–Crippen MR) is 186 cm³/mol. The Hall–Kier alpha value is -3.80. The highest BCUT2D eigenvalue weighted by Gasteiger charge is 2.40. The van der Waals surface area contributed by atoms with Crippen LogP contribution in [0, 0.1) is 21.4 Å². The molecule has 4 unspecified atom stereocenters. The highest BCUT2D eigenvalue weighted by atomic mass is 16.6. The maximum atomic E-state index is 14.1. The van der Waals surface area contributed by atoms with E-state index in [1.165, 1.54) is 12.1 Å². The molecule has 266 valence electrons. The fraction of sp³-hybridized carbons (Fsp3) is 0.667. The summed E-state index contributed by atoms with van der Waals surface area (Å²) >= 11 is 0. The van der Waals surface area contributed by atoms with Gasteiger partial charge in [0.2, 0.25) is 23.6 Å². The number of hydrogen-bond acceptors (Lipinski definition) is 7. The monoisotopic (exact) mass is 668 g/mol. The van der Waals surface area contributed by atoms with Gasteiger partial charge < -0.3 is 20.4 Å². The number of non-ortho nitro benzene ring substituents is 1. The van der Waals surface area contributed by atoms with Crippen molar-refractivity contribution in [2.24, 2.45) is 11.3 Å². The van der Waals surface area contributed by atoms with Crippen LogP contribution >= 0.6 is 0 Å². The summed E-state index contributed by atoms with van der Waals surface area (Å²) in [6.07, 6.45) is 5.80. The van der Waals surface area contributed by atoms with Crippen LogP contribution in [0.1, 0.15) is 93.1 Å². The Morgan fingerprint density at radius 1 is 0.979 bits per heavy atom. The average Bonchev–Trinajstić information content (AvgIpc) is 3.53. The molecule has 2 N–H and O–H groups in total. The molecule has 2 saturated heterocycles. The summed E-state index contributed by atoms with van der Waals surface area (Å²) in [5, 5.41) is 16.9. The minimum atomic E-state index is -0.765. The molecule has 48 heavy (non-hydrogen) atoms. The zero-order chi connectivity index (χ0) is 35.9. The lowest BCUT2D eigenvalue weighted by Gasteiger charge is -2.41. The zero-order valence-electron chi connectivity index (χ0n) is 30.2. The fourth-order valence-corrected chi connectivity index (χ4v) is 6.72. The molecular weight excluding hydrogens is 612 g/mol. The van der Waals surface area contributed by atoms with Crippen molar-refractivity contribution in [2.75, 3.05) is 20.1 Å². The Morgan fingerprint density at radius 2 is 1.60 bits per heavy atom. The van der Waals surface area contributed by atoms with Crippen LogP contribution in [-0.4, -0.2) is 93.6 Å². The van der Waals surface area contributed by atoms with Gasteiger partial charge in [0.05, 0.1) is 17.0 Å². The maximum absolute atomic E-state index is 14.1. The normalized spacial score (nSPS) is 20.4. The quantitative estimate of drug-likeness (QED) is 0.191. The number of benzene rings is 1. The van der Waals surface area contributed by atoms with Gasteiger partial charge in [-0.15, -0.1) is 0 Å². The van der Waals surface area contributed by atoms with E-state index in [4.69, 9.17) is 0 Å². The second-order valence-corrected chi connectivity index (χ2v) is 15.0. The van der Waals surface area contributed by atoms with Gasteiger partial charge in [-0.1, -0.05) is 59.2 Å². The molecule has 0 aromatic heterocycles. The Labute approximate surface area is 285 Å². The number of nitro groups is 1. The molecule has 4 amide bonds. The lowest BCUT2D eigenvalue weighted by atomic mass is 9.84. The average molecular weight is 669 g/mol. The molecule has 12 heteroatoms. The van der Waals surface area contributed by atoms with Crippen molar-refractivity contribution >= 4 is 29.3 Å². The largest absolute Gasteiger partial charge is 0.350 e. The van der Waals surface area contributed by atoms with Crippen molar-refractivity contribution in [3.05, 3.63) is 51.6 Å². The minimum absolute atomic E-state index is 0.0250. The van der Waals surface area contributed by atoms with Crippen LogP contribution < -0.4 is 10.6 Å². The molecule has 12 nitrogen and oxygen atoms in total. The Morgan fingerprint density at radius 3 is 2.17 bits per heavy atom. The van der Waals surface area contributed by atoms with Gasteiger partial charge in [0.1, 0.15) is 12.1 Å². The molecule has 2 aliphatic rings. The number of likely N-dealkylation sites (N-methyl/N-ethyl adjacent to an activating group) is 1. The number of likely N-dealkylation sites (tertiary alicyclic amines) is 2. The highest BCUT2D eigenvalue weighted by molar-refractivity contribution is 5.97.